The number of ether oxygens (including phenoxy) is 3. The quantitative estimate of drug-likeness (QED) is 0.171. The van der Waals surface area contributed by atoms with Crippen molar-refractivity contribution in [1.82, 2.24) is 0 Å². The SMILES string of the molecule is N#CC1=C(N)Oc2cc(OC(=O)c3cccc4ccccc34)ccc2C1c1ccc(OCc2ccccc2Cl)cc1. The summed E-state index contributed by atoms with van der Waals surface area (Å²) in [5.41, 5.74) is 9.38. The molecule has 200 valence electrons. The number of benzene rings is 5. The molecule has 0 saturated heterocycles. The van der Waals surface area contributed by atoms with Gasteiger partial charge in [0.2, 0.25) is 5.88 Å². The lowest BCUT2D eigenvalue weighted by Gasteiger charge is -2.27. The number of allylic oxidation sites excluding steroid dienone is 1. The molecule has 5 aromatic rings. The van der Waals surface area contributed by atoms with Crippen LogP contribution in [0.2, 0.25) is 5.02 Å². The van der Waals surface area contributed by atoms with Crippen molar-refractivity contribution < 1.29 is 19.0 Å². The van der Waals surface area contributed by atoms with Crippen LogP contribution < -0.4 is 19.9 Å². The first-order valence-corrected chi connectivity index (χ1v) is 13.3. The maximum absolute atomic E-state index is 13.1. The Kier molecular flexibility index (Phi) is 7.03. The molecule has 6 rings (SSSR count). The van der Waals surface area contributed by atoms with E-state index in [9.17, 15) is 10.1 Å². The maximum Gasteiger partial charge on any atom is 0.344 e. The standard InChI is InChI=1S/C34H23ClN2O4/c35-30-11-4-2-7-23(30)20-39-24-14-12-22(13-15-24)32-28-17-16-25(18-31(28)41-33(37)29(32)19-36)40-34(38)27-10-5-8-21-6-1-3-9-26(21)27/h1-18,32H,20,37H2. The zero-order chi connectivity index (χ0) is 28.3. The van der Waals surface area contributed by atoms with Crippen LogP contribution in [0.25, 0.3) is 10.8 Å². The minimum atomic E-state index is -0.484. The molecule has 0 spiro atoms. The first-order chi connectivity index (χ1) is 20.0. The van der Waals surface area contributed by atoms with Gasteiger partial charge in [0.1, 0.15) is 35.5 Å². The van der Waals surface area contributed by atoms with Crippen LogP contribution >= 0.6 is 11.6 Å². The highest BCUT2D eigenvalue weighted by Crippen LogP contribution is 2.43. The summed E-state index contributed by atoms with van der Waals surface area (Å²) >= 11 is 6.24. The minimum absolute atomic E-state index is 0.00146. The molecule has 1 aliphatic rings. The van der Waals surface area contributed by atoms with Crippen LogP contribution in [0.5, 0.6) is 17.2 Å². The van der Waals surface area contributed by atoms with Crippen molar-refractivity contribution in [3.63, 3.8) is 0 Å². The average molecular weight is 559 g/mol. The molecule has 1 unspecified atom stereocenters. The van der Waals surface area contributed by atoms with E-state index in [2.05, 4.69) is 6.07 Å². The molecule has 41 heavy (non-hydrogen) atoms. The van der Waals surface area contributed by atoms with Crippen molar-refractivity contribution >= 4 is 28.3 Å². The zero-order valence-electron chi connectivity index (χ0n) is 21.7. The number of carbonyl (C=O) groups excluding carboxylic acids is 1. The molecule has 6 nitrogen and oxygen atoms in total. The van der Waals surface area contributed by atoms with Crippen molar-refractivity contribution in [2.75, 3.05) is 0 Å². The number of nitrogens with zero attached hydrogens (tertiary/aromatic N) is 1. The second-order valence-corrected chi connectivity index (χ2v) is 9.90. The Morgan fingerprint density at radius 2 is 1.63 bits per heavy atom. The van der Waals surface area contributed by atoms with Gasteiger partial charge in [-0.25, -0.2) is 4.79 Å². The molecule has 0 bridgehead atoms. The molecular formula is C34H23ClN2O4. The zero-order valence-corrected chi connectivity index (χ0v) is 22.5. The molecule has 0 aliphatic carbocycles. The molecule has 0 amide bonds. The second-order valence-electron chi connectivity index (χ2n) is 9.49. The van der Waals surface area contributed by atoms with Gasteiger partial charge in [0.05, 0.1) is 11.5 Å². The third-order valence-electron chi connectivity index (χ3n) is 6.98. The van der Waals surface area contributed by atoms with Gasteiger partial charge in [0.25, 0.3) is 0 Å². The van der Waals surface area contributed by atoms with Crippen LogP contribution in [0.3, 0.4) is 0 Å². The largest absolute Gasteiger partial charge is 0.489 e. The van der Waals surface area contributed by atoms with E-state index in [4.69, 9.17) is 31.5 Å². The van der Waals surface area contributed by atoms with Gasteiger partial charge in [-0.2, -0.15) is 5.26 Å². The number of halogens is 1. The Balaban J connectivity index is 1.25. The van der Waals surface area contributed by atoms with E-state index in [1.165, 1.54) is 0 Å². The number of carbonyl (C=O) groups is 1. The van der Waals surface area contributed by atoms with Crippen LogP contribution in [0, 0.1) is 11.3 Å². The Hall–Kier alpha value is -5.25. The summed E-state index contributed by atoms with van der Waals surface area (Å²) in [6.07, 6.45) is 0. The van der Waals surface area contributed by atoms with Gasteiger partial charge in [-0.05, 0) is 46.7 Å². The third-order valence-corrected chi connectivity index (χ3v) is 7.34. The molecule has 1 atom stereocenters. The van der Waals surface area contributed by atoms with Gasteiger partial charge in [-0.3, -0.25) is 0 Å². The van der Waals surface area contributed by atoms with Crippen molar-refractivity contribution in [2.24, 2.45) is 5.73 Å². The van der Waals surface area contributed by atoms with E-state index >= 15 is 0 Å². The van der Waals surface area contributed by atoms with Crippen molar-refractivity contribution in [1.29, 1.82) is 5.26 Å². The molecular weight excluding hydrogens is 536 g/mol. The monoisotopic (exact) mass is 558 g/mol. The number of fused-ring (bicyclic) bond motifs is 2. The highest BCUT2D eigenvalue weighted by molar-refractivity contribution is 6.31. The molecule has 0 fully saturated rings. The van der Waals surface area contributed by atoms with Gasteiger partial charge in [0.15, 0.2) is 0 Å². The summed E-state index contributed by atoms with van der Waals surface area (Å²) in [5.74, 6) is 0.423. The highest BCUT2D eigenvalue weighted by Gasteiger charge is 2.31. The number of nitrogens with two attached hydrogens (primary N) is 1. The van der Waals surface area contributed by atoms with Gasteiger partial charge < -0.3 is 19.9 Å². The van der Waals surface area contributed by atoms with Crippen LogP contribution in [0.15, 0.2) is 121 Å². The van der Waals surface area contributed by atoms with Crippen molar-refractivity contribution in [2.45, 2.75) is 12.5 Å². The summed E-state index contributed by atoms with van der Waals surface area (Å²) in [6, 6.07) is 35.4. The molecule has 0 saturated carbocycles. The smallest absolute Gasteiger partial charge is 0.344 e. The first kappa shape index (κ1) is 26.0. The Morgan fingerprint density at radius 3 is 2.44 bits per heavy atom. The number of hydrogen-bond acceptors (Lipinski definition) is 6. The number of rotatable bonds is 6. The predicted octanol–water partition coefficient (Wildman–Crippen LogP) is 7.51. The Bertz CT molecular complexity index is 1850. The summed E-state index contributed by atoms with van der Waals surface area (Å²) in [5, 5.41) is 12.3. The number of nitriles is 1. The van der Waals surface area contributed by atoms with Gasteiger partial charge >= 0.3 is 5.97 Å². The van der Waals surface area contributed by atoms with Crippen LogP contribution in [0.1, 0.15) is 33.0 Å². The molecule has 0 aromatic heterocycles. The lowest BCUT2D eigenvalue weighted by molar-refractivity contribution is 0.0736. The van der Waals surface area contributed by atoms with Crippen LogP contribution in [-0.4, -0.2) is 5.97 Å². The van der Waals surface area contributed by atoms with Crippen LogP contribution in [0.4, 0.5) is 0 Å². The number of hydrogen-bond donors (Lipinski definition) is 1. The predicted molar refractivity (Wildman–Crippen MR) is 157 cm³/mol. The molecule has 1 aliphatic heterocycles. The van der Waals surface area contributed by atoms with E-state index in [1.807, 2.05) is 84.9 Å². The molecule has 7 heteroatoms. The topological polar surface area (TPSA) is 94.6 Å². The fourth-order valence-electron chi connectivity index (χ4n) is 4.94. The van der Waals surface area contributed by atoms with E-state index < -0.39 is 11.9 Å². The third kappa shape index (κ3) is 5.19. The molecule has 2 N–H and O–H groups in total. The van der Waals surface area contributed by atoms with E-state index in [0.29, 0.717) is 40.0 Å². The van der Waals surface area contributed by atoms with Gasteiger partial charge in [-0.1, -0.05) is 84.4 Å². The Morgan fingerprint density at radius 1 is 0.902 bits per heavy atom. The van der Waals surface area contributed by atoms with E-state index in [-0.39, 0.29) is 5.88 Å². The summed E-state index contributed by atoms with van der Waals surface area (Å²) in [4.78, 5) is 13.1. The molecule has 0 radical (unpaired) electrons. The van der Waals surface area contributed by atoms with Crippen molar-refractivity contribution in [3.05, 3.63) is 148 Å². The minimum Gasteiger partial charge on any atom is -0.489 e. The summed E-state index contributed by atoms with van der Waals surface area (Å²) in [7, 11) is 0. The molecule has 5 aromatic carbocycles. The van der Waals surface area contributed by atoms with Gasteiger partial charge in [0, 0.05) is 22.2 Å². The maximum atomic E-state index is 13.1. The lowest BCUT2D eigenvalue weighted by atomic mass is 9.83. The number of esters is 1. The first-order valence-electron chi connectivity index (χ1n) is 12.9. The van der Waals surface area contributed by atoms with E-state index in [0.717, 1.165) is 27.5 Å². The summed E-state index contributed by atoms with van der Waals surface area (Å²) in [6.45, 7) is 0.329. The Labute approximate surface area is 241 Å². The van der Waals surface area contributed by atoms with Crippen molar-refractivity contribution in [3.8, 4) is 23.3 Å². The van der Waals surface area contributed by atoms with Gasteiger partial charge in [-0.15, -0.1) is 0 Å². The van der Waals surface area contributed by atoms with E-state index in [1.54, 1.807) is 24.3 Å². The second kappa shape index (κ2) is 11.1. The molecule has 1 heterocycles. The highest BCUT2D eigenvalue weighted by atomic mass is 35.5. The fraction of sp³-hybridized carbons (Fsp3) is 0.0588. The fourth-order valence-corrected chi connectivity index (χ4v) is 5.13. The lowest BCUT2D eigenvalue weighted by Crippen LogP contribution is -2.21. The normalized spacial score (nSPS) is 14.1. The van der Waals surface area contributed by atoms with Crippen LogP contribution in [-0.2, 0) is 6.61 Å². The average Bonchev–Trinajstić information content (AvgIpc) is 3.00. The summed E-state index contributed by atoms with van der Waals surface area (Å²) < 4.78 is 17.5.